The van der Waals surface area contributed by atoms with Gasteiger partial charge in [-0.15, -0.1) is 0 Å². The van der Waals surface area contributed by atoms with Gasteiger partial charge in [0.1, 0.15) is 0 Å². The summed E-state index contributed by atoms with van der Waals surface area (Å²) in [5.41, 5.74) is 2.52. The van der Waals surface area contributed by atoms with Gasteiger partial charge in [-0.3, -0.25) is 4.99 Å². The van der Waals surface area contributed by atoms with E-state index in [1.165, 1.54) is 223 Å². The molecule has 0 amide bonds. The van der Waals surface area contributed by atoms with Gasteiger partial charge < -0.3 is 19.3 Å². The van der Waals surface area contributed by atoms with Crippen LogP contribution in [0, 0.1) is 6.92 Å². The standard InChI is InChI=1S/C51H93N3O2/c1-4-6-8-10-12-14-16-18-20-22-24-26-28-30-32-34-42-55-49-45-48(46-54-41-37-40-53-39-36-38-52-51(53)54)44-47(3)50(49)56-43-35-33-31-29-27-25-23-21-19-17-15-13-11-9-7-5-2/h44-45H,4-43,46H2,1-3H3. The highest BCUT2D eigenvalue weighted by Crippen LogP contribution is 2.34. The Hall–Kier alpha value is -1.91. The molecule has 56 heavy (non-hydrogen) atoms. The molecule has 3 rings (SSSR count). The Bertz CT molecular complexity index is 1090. The Morgan fingerprint density at radius 1 is 0.482 bits per heavy atom. The number of benzene rings is 1. The largest absolute Gasteiger partial charge is 0.490 e. The van der Waals surface area contributed by atoms with Crippen LogP contribution in [0.4, 0.5) is 0 Å². The van der Waals surface area contributed by atoms with Gasteiger partial charge in [0, 0.05) is 32.7 Å². The zero-order chi connectivity index (χ0) is 39.6. The monoisotopic (exact) mass is 780 g/mol. The summed E-state index contributed by atoms with van der Waals surface area (Å²) < 4.78 is 13.1. The Morgan fingerprint density at radius 3 is 1.36 bits per heavy atom. The third-order valence-electron chi connectivity index (χ3n) is 12.4. The molecule has 2 aliphatic heterocycles. The number of nitrogens with zero attached hydrogens (tertiary/aromatic N) is 3. The third-order valence-corrected chi connectivity index (χ3v) is 12.4. The maximum atomic E-state index is 6.57. The maximum Gasteiger partial charge on any atom is 0.196 e. The normalized spacial score (nSPS) is 14.3. The predicted molar refractivity (Wildman–Crippen MR) is 245 cm³/mol. The summed E-state index contributed by atoms with van der Waals surface area (Å²) in [5, 5.41) is 0. The van der Waals surface area contributed by atoms with E-state index in [9.17, 15) is 0 Å². The summed E-state index contributed by atoms with van der Waals surface area (Å²) in [6, 6.07) is 4.62. The molecule has 5 nitrogen and oxygen atoms in total. The molecule has 0 atom stereocenters. The highest BCUT2D eigenvalue weighted by molar-refractivity contribution is 5.81. The number of guanidine groups is 1. The lowest BCUT2D eigenvalue weighted by molar-refractivity contribution is 0.238. The van der Waals surface area contributed by atoms with Crippen LogP contribution in [-0.2, 0) is 6.54 Å². The minimum Gasteiger partial charge on any atom is -0.490 e. The van der Waals surface area contributed by atoms with Crippen LogP contribution < -0.4 is 9.47 Å². The molecule has 0 unspecified atom stereocenters. The van der Waals surface area contributed by atoms with Crippen molar-refractivity contribution in [2.24, 2.45) is 4.99 Å². The molecule has 0 radical (unpaired) electrons. The minimum absolute atomic E-state index is 0.779. The second-order valence-corrected chi connectivity index (χ2v) is 17.8. The molecule has 0 saturated carbocycles. The predicted octanol–water partition coefficient (Wildman–Crippen LogP) is 15.5. The highest BCUT2D eigenvalue weighted by atomic mass is 16.5. The Morgan fingerprint density at radius 2 is 0.893 bits per heavy atom. The molecule has 0 aromatic heterocycles. The van der Waals surface area contributed by atoms with E-state index in [4.69, 9.17) is 14.5 Å². The number of rotatable bonds is 38. The van der Waals surface area contributed by atoms with E-state index >= 15 is 0 Å². The first kappa shape index (κ1) is 48.5. The smallest absolute Gasteiger partial charge is 0.196 e. The highest BCUT2D eigenvalue weighted by Gasteiger charge is 2.26. The second kappa shape index (κ2) is 34.0. The van der Waals surface area contributed by atoms with Crippen LogP contribution in [-0.4, -0.2) is 55.2 Å². The van der Waals surface area contributed by atoms with Crippen molar-refractivity contribution < 1.29 is 9.47 Å². The lowest BCUT2D eigenvalue weighted by Gasteiger charge is -2.41. The van der Waals surface area contributed by atoms with E-state index in [2.05, 4.69) is 42.7 Å². The third kappa shape index (κ3) is 22.9. The molecule has 1 fully saturated rings. The lowest BCUT2D eigenvalue weighted by Crippen LogP contribution is -2.51. The van der Waals surface area contributed by atoms with Crippen molar-refractivity contribution in [1.82, 2.24) is 9.80 Å². The van der Waals surface area contributed by atoms with E-state index in [1.54, 1.807) is 0 Å². The molecule has 1 aromatic carbocycles. The van der Waals surface area contributed by atoms with Gasteiger partial charge in [-0.25, -0.2) is 0 Å². The molecule has 324 valence electrons. The first-order chi connectivity index (χ1) is 27.7. The van der Waals surface area contributed by atoms with E-state index in [0.29, 0.717) is 0 Å². The number of ether oxygens (including phenoxy) is 2. The van der Waals surface area contributed by atoms with E-state index in [1.807, 2.05) is 0 Å². The number of hydrogen-bond donors (Lipinski definition) is 0. The summed E-state index contributed by atoms with van der Waals surface area (Å²) in [7, 11) is 0. The summed E-state index contributed by atoms with van der Waals surface area (Å²) in [6.45, 7) is 13.6. The van der Waals surface area contributed by atoms with Gasteiger partial charge in [0.25, 0.3) is 0 Å². The van der Waals surface area contributed by atoms with Crippen LogP contribution in [0.25, 0.3) is 0 Å². The summed E-state index contributed by atoms with van der Waals surface area (Å²) in [4.78, 5) is 9.92. The van der Waals surface area contributed by atoms with Crippen molar-refractivity contribution in [3.8, 4) is 11.5 Å². The van der Waals surface area contributed by atoms with Crippen molar-refractivity contribution in [2.45, 2.75) is 246 Å². The first-order valence-corrected chi connectivity index (χ1v) is 25.2. The van der Waals surface area contributed by atoms with Crippen LogP contribution in [0.1, 0.15) is 243 Å². The summed E-state index contributed by atoms with van der Waals surface area (Å²) in [5.74, 6) is 3.14. The zero-order valence-corrected chi connectivity index (χ0v) is 37.8. The number of aliphatic imine (C=N–C) groups is 1. The Labute approximate surface area is 348 Å². The number of hydrogen-bond acceptors (Lipinski definition) is 5. The van der Waals surface area contributed by atoms with Crippen molar-refractivity contribution in [3.05, 3.63) is 23.3 Å². The van der Waals surface area contributed by atoms with Gasteiger partial charge in [-0.1, -0.05) is 213 Å². The van der Waals surface area contributed by atoms with Crippen molar-refractivity contribution >= 4 is 5.96 Å². The molecule has 0 bridgehead atoms. The summed E-state index contributed by atoms with van der Waals surface area (Å²) >= 11 is 0. The fourth-order valence-electron chi connectivity index (χ4n) is 8.93. The molecular weight excluding hydrogens is 687 g/mol. The van der Waals surface area contributed by atoms with E-state index in [-0.39, 0.29) is 0 Å². The average Bonchev–Trinajstić information content (AvgIpc) is 3.21. The summed E-state index contributed by atoms with van der Waals surface area (Å²) in [6.07, 6.45) is 46.9. The van der Waals surface area contributed by atoms with Gasteiger partial charge in [-0.2, -0.15) is 0 Å². The molecular formula is C51H93N3O2. The topological polar surface area (TPSA) is 37.3 Å². The molecule has 2 aliphatic rings. The van der Waals surface area contributed by atoms with Gasteiger partial charge in [0.2, 0.25) is 0 Å². The van der Waals surface area contributed by atoms with E-state index in [0.717, 1.165) is 70.3 Å². The minimum atomic E-state index is 0.779. The fourth-order valence-corrected chi connectivity index (χ4v) is 8.93. The van der Waals surface area contributed by atoms with Crippen LogP contribution >= 0.6 is 0 Å². The zero-order valence-electron chi connectivity index (χ0n) is 37.8. The van der Waals surface area contributed by atoms with Crippen LogP contribution in [0.5, 0.6) is 11.5 Å². The molecule has 1 saturated heterocycles. The lowest BCUT2D eigenvalue weighted by atomic mass is 10.0. The van der Waals surface area contributed by atoms with Gasteiger partial charge in [0.05, 0.1) is 13.2 Å². The molecule has 0 spiro atoms. The Kier molecular flexibility index (Phi) is 29.4. The van der Waals surface area contributed by atoms with Crippen LogP contribution in [0.3, 0.4) is 0 Å². The number of fused-ring (bicyclic) bond motifs is 1. The SMILES string of the molecule is CCCCCCCCCCCCCCCCCCOc1cc(CN2CCCN3CCCN=C32)cc(C)c1OCCCCCCCCCCCCCCCCCC. The molecule has 0 N–H and O–H groups in total. The van der Waals surface area contributed by atoms with Crippen molar-refractivity contribution in [2.75, 3.05) is 39.4 Å². The van der Waals surface area contributed by atoms with Gasteiger partial charge in [-0.05, 0) is 49.8 Å². The quantitative estimate of drug-likeness (QED) is 0.0627. The maximum absolute atomic E-state index is 6.57. The van der Waals surface area contributed by atoms with Crippen LogP contribution in [0.2, 0.25) is 0 Å². The van der Waals surface area contributed by atoms with Crippen molar-refractivity contribution in [1.29, 1.82) is 0 Å². The first-order valence-electron chi connectivity index (χ1n) is 25.2. The molecule has 5 heteroatoms. The Balaban J connectivity index is 1.31. The van der Waals surface area contributed by atoms with Gasteiger partial charge >= 0.3 is 0 Å². The van der Waals surface area contributed by atoms with Gasteiger partial charge in [0.15, 0.2) is 17.5 Å². The number of aryl methyl sites for hydroxylation is 1. The van der Waals surface area contributed by atoms with Crippen LogP contribution in [0.15, 0.2) is 17.1 Å². The molecule has 1 aromatic rings. The van der Waals surface area contributed by atoms with E-state index < -0.39 is 0 Å². The average molecular weight is 780 g/mol. The van der Waals surface area contributed by atoms with Crippen molar-refractivity contribution in [3.63, 3.8) is 0 Å². The number of unbranched alkanes of at least 4 members (excludes halogenated alkanes) is 30. The molecule has 0 aliphatic carbocycles. The fraction of sp³-hybridized carbons (Fsp3) is 0.863. The second-order valence-electron chi connectivity index (χ2n) is 17.8. The molecule has 2 heterocycles.